The fourth-order valence-corrected chi connectivity index (χ4v) is 3.28. The molecule has 0 radical (unpaired) electrons. The normalized spacial score (nSPS) is 12.3. The van der Waals surface area contributed by atoms with E-state index in [1.165, 1.54) is 17.4 Å². The summed E-state index contributed by atoms with van der Waals surface area (Å²) in [6.07, 6.45) is 1.61. The molecule has 0 aliphatic rings. The first-order valence-electron chi connectivity index (χ1n) is 6.14. The van der Waals surface area contributed by atoms with Crippen LogP contribution in [0.25, 0.3) is 0 Å². The number of hydrogen-bond donors (Lipinski definition) is 1. The van der Waals surface area contributed by atoms with Gasteiger partial charge in [-0.1, -0.05) is 23.2 Å². The third-order valence-corrected chi connectivity index (χ3v) is 4.52. The minimum absolute atomic E-state index is 0.0717. The first-order valence-corrected chi connectivity index (χ1v) is 7.71. The van der Waals surface area contributed by atoms with Crippen LogP contribution in [0.4, 0.5) is 10.1 Å². The smallest absolute Gasteiger partial charge is 0.141 e. The summed E-state index contributed by atoms with van der Waals surface area (Å²) in [7, 11) is 0. The molecule has 0 saturated heterocycles. The number of thiophene rings is 1. The Hall–Kier alpha value is -1.49. The number of anilines is 1. The summed E-state index contributed by atoms with van der Waals surface area (Å²) in [5, 5.41) is 3.36. The van der Waals surface area contributed by atoms with Crippen molar-refractivity contribution in [1.82, 2.24) is 0 Å². The Kier molecular flexibility index (Phi) is 4.19. The Morgan fingerprint density at radius 2 is 2.00 bits per heavy atom. The van der Waals surface area contributed by atoms with Gasteiger partial charge in [0, 0.05) is 10.6 Å². The molecule has 1 N–H and O–H groups in total. The lowest BCUT2D eigenvalue weighted by atomic mass is 10.1. The summed E-state index contributed by atoms with van der Waals surface area (Å²) < 4.78 is 19.4. The summed E-state index contributed by atoms with van der Waals surface area (Å²) in [6, 6.07) is 11.7. The average Bonchev–Trinajstić information content (AvgIpc) is 3.11. The monoisotopic (exact) mass is 341 g/mol. The molecule has 3 rings (SSSR count). The van der Waals surface area contributed by atoms with E-state index in [0.29, 0.717) is 10.0 Å². The number of benzene rings is 1. The summed E-state index contributed by atoms with van der Waals surface area (Å²) in [5.41, 5.74) is 0.701. The highest BCUT2D eigenvalue weighted by molar-refractivity contribution is 7.16. The number of hydrogen-bond acceptors (Lipinski definition) is 3. The van der Waals surface area contributed by atoms with Crippen LogP contribution in [0.15, 0.2) is 53.1 Å². The Bertz CT molecular complexity index is 742. The quantitative estimate of drug-likeness (QED) is 0.630. The molecule has 0 amide bonds. The standard InChI is InChI=1S/C15H10Cl2FNOS/c16-10-8-9(3-4-11(10)18)19-15(12-2-1-7-20-12)13-5-6-14(17)21-13/h1-8,15,19H. The van der Waals surface area contributed by atoms with Gasteiger partial charge in [-0.15, -0.1) is 11.3 Å². The van der Waals surface area contributed by atoms with Crippen molar-refractivity contribution in [2.24, 2.45) is 0 Å². The highest BCUT2D eigenvalue weighted by atomic mass is 35.5. The van der Waals surface area contributed by atoms with Crippen molar-refractivity contribution in [2.75, 3.05) is 5.32 Å². The van der Waals surface area contributed by atoms with Crippen LogP contribution in [-0.4, -0.2) is 0 Å². The van der Waals surface area contributed by atoms with Crippen LogP contribution in [0.3, 0.4) is 0 Å². The number of furan rings is 1. The maximum atomic E-state index is 13.2. The van der Waals surface area contributed by atoms with E-state index in [1.54, 1.807) is 18.4 Å². The molecule has 1 unspecified atom stereocenters. The molecule has 1 atom stereocenters. The van der Waals surface area contributed by atoms with Gasteiger partial charge < -0.3 is 9.73 Å². The molecular formula is C15H10Cl2FNOS. The average molecular weight is 342 g/mol. The Labute approximate surface area is 135 Å². The molecule has 6 heteroatoms. The van der Waals surface area contributed by atoms with Gasteiger partial charge in [0.2, 0.25) is 0 Å². The summed E-state index contributed by atoms with van der Waals surface area (Å²) in [5.74, 6) is 0.296. The van der Waals surface area contributed by atoms with Crippen molar-refractivity contribution in [3.63, 3.8) is 0 Å². The zero-order chi connectivity index (χ0) is 14.8. The van der Waals surface area contributed by atoms with Crippen LogP contribution in [0, 0.1) is 5.82 Å². The first kappa shape index (κ1) is 14.4. The van der Waals surface area contributed by atoms with Crippen molar-refractivity contribution in [3.05, 3.63) is 74.5 Å². The lowest BCUT2D eigenvalue weighted by Crippen LogP contribution is -2.10. The van der Waals surface area contributed by atoms with Gasteiger partial charge in [-0.05, 0) is 42.5 Å². The lowest BCUT2D eigenvalue weighted by Gasteiger charge is -2.17. The molecule has 0 aliphatic carbocycles. The van der Waals surface area contributed by atoms with E-state index in [2.05, 4.69) is 5.32 Å². The Balaban J connectivity index is 1.94. The second kappa shape index (κ2) is 6.10. The van der Waals surface area contributed by atoms with Crippen molar-refractivity contribution in [3.8, 4) is 0 Å². The van der Waals surface area contributed by atoms with Crippen molar-refractivity contribution in [2.45, 2.75) is 6.04 Å². The van der Waals surface area contributed by atoms with E-state index in [0.717, 1.165) is 10.6 Å². The van der Waals surface area contributed by atoms with E-state index < -0.39 is 5.82 Å². The number of nitrogens with one attached hydrogen (secondary N) is 1. The maximum Gasteiger partial charge on any atom is 0.141 e. The minimum atomic E-state index is -0.448. The molecule has 3 aromatic rings. The fourth-order valence-electron chi connectivity index (χ4n) is 1.97. The minimum Gasteiger partial charge on any atom is -0.467 e. The van der Waals surface area contributed by atoms with Gasteiger partial charge >= 0.3 is 0 Å². The van der Waals surface area contributed by atoms with E-state index in [1.807, 2.05) is 24.3 Å². The molecule has 0 spiro atoms. The molecule has 0 bridgehead atoms. The number of rotatable bonds is 4. The molecule has 108 valence electrons. The zero-order valence-corrected chi connectivity index (χ0v) is 13.0. The molecule has 2 heterocycles. The first-order chi connectivity index (χ1) is 10.1. The second-order valence-electron chi connectivity index (χ2n) is 4.36. The lowest BCUT2D eigenvalue weighted by molar-refractivity contribution is 0.501. The fraction of sp³-hybridized carbons (Fsp3) is 0.0667. The Morgan fingerprint density at radius 1 is 1.14 bits per heavy atom. The SMILES string of the molecule is Fc1ccc(NC(c2ccco2)c2ccc(Cl)s2)cc1Cl. The van der Waals surface area contributed by atoms with E-state index in [-0.39, 0.29) is 11.1 Å². The molecule has 2 nitrogen and oxygen atoms in total. The highest BCUT2D eigenvalue weighted by Gasteiger charge is 2.19. The van der Waals surface area contributed by atoms with Crippen LogP contribution in [-0.2, 0) is 0 Å². The molecule has 0 fully saturated rings. The van der Waals surface area contributed by atoms with Gasteiger partial charge in [0.1, 0.15) is 17.6 Å². The molecule has 1 aromatic carbocycles. The molecule has 0 aliphatic heterocycles. The van der Waals surface area contributed by atoms with Crippen LogP contribution < -0.4 is 5.32 Å². The van der Waals surface area contributed by atoms with Crippen molar-refractivity contribution in [1.29, 1.82) is 0 Å². The molecule has 0 saturated carbocycles. The topological polar surface area (TPSA) is 25.2 Å². The zero-order valence-electron chi connectivity index (χ0n) is 10.6. The van der Waals surface area contributed by atoms with Gasteiger partial charge in [0.15, 0.2) is 0 Å². The highest BCUT2D eigenvalue weighted by Crippen LogP contribution is 2.34. The summed E-state index contributed by atoms with van der Waals surface area (Å²) in [4.78, 5) is 0.996. The molecular weight excluding hydrogens is 332 g/mol. The third-order valence-electron chi connectivity index (χ3n) is 2.94. The van der Waals surface area contributed by atoms with Crippen LogP contribution in [0.1, 0.15) is 16.7 Å². The van der Waals surface area contributed by atoms with Gasteiger partial charge in [-0.2, -0.15) is 0 Å². The molecule has 2 aromatic heterocycles. The number of halogens is 3. The van der Waals surface area contributed by atoms with Crippen molar-refractivity contribution < 1.29 is 8.81 Å². The summed E-state index contributed by atoms with van der Waals surface area (Å²) >= 11 is 13.3. The second-order valence-corrected chi connectivity index (χ2v) is 6.52. The van der Waals surface area contributed by atoms with E-state index in [4.69, 9.17) is 27.6 Å². The van der Waals surface area contributed by atoms with E-state index >= 15 is 0 Å². The Morgan fingerprint density at radius 3 is 2.62 bits per heavy atom. The molecule has 21 heavy (non-hydrogen) atoms. The van der Waals surface area contributed by atoms with Gasteiger partial charge in [-0.3, -0.25) is 0 Å². The van der Waals surface area contributed by atoms with Crippen LogP contribution in [0.2, 0.25) is 9.36 Å². The third kappa shape index (κ3) is 3.23. The van der Waals surface area contributed by atoms with E-state index in [9.17, 15) is 4.39 Å². The predicted octanol–water partition coefficient (Wildman–Crippen LogP) is 5.99. The van der Waals surface area contributed by atoms with Gasteiger partial charge in [0.25, 0.3) is 0 Å². The van der Waals surface area contributed by atoms with Crippen molar-refractivity contribution >= 4 is 40.2 Å². The van der Waals surface area contributed by atoms with Crippen LogP contribution >= 0.6 is 34.5 Å². The largest absolute Gasteiger partial charge is 0.467 e. The maximum absolute atomic E-state index is 13.2. The summed E-state index contributed by atoms with van der Waals surface area (Å²) in [6.45, 7) is 0. The van der Waals surface area contributed by atoms with Gasteiger partial charge in [0.05, 0.1) is 15.6 Å². The predicted molar refractivity (Wildman–Crippen MR) is 84.9 cm³/mol. The van der Waals surface area contributed by atoms with Crippen LogP contribution in [0.5, 0.6) is 0 Å². The van der Waals surface area contributed by atoms with Gasteiger partial charge in [-0.25, -0.2) is 4.39 Å².